The summed E-state index contributed by atoms with van der Waals surface area (Å²) >= 11 is 0. The molecule has 108 valence electrons. The summed E-state index contributed by atoms with van der Waals surface area (Å²) in [6.45, 7) is 0.255. The molecule has 0 saturated carbocycles. The number of likely N-dealkylation sites (N-methyl/N-ethyl adjacent to an activating group) is 1. The SMILES string of the molecule is CN1CC(=O)N(Cc2cc3ccccc3nc2NN)C1=O. The number of carbonyl (C=O) groups is 2. The number of rotatable bonds is 3. The van der Waals surface area contributed by atoms with E-state index in [1.54, 1.807) is 7.05 Å². The van der Waals surface area contributed by atoms with Crippen LogP contribution in [0.25, 0.3) is 10.9 Å². The molecule has 1 aromatic carbocycles. The van der Waals surface area contributed by atoms with Crippen molar-refractivity contribution in [2.75, 3.05) is 19.0 Å². The van der Waals surface area contributed by atoms with Gasteiger partial charge in [-0.3, -0.25) is 9.69 Å². The molecule has 7 heteroatoms. The van der Waals surface area contributed by atoms with Crippen molar-refractivity contribution in [3.8, 4) is 0 Å². The van der Waals surface area contributed by atoms with Crippen molar-refractivity contribution in [1.29, 1.82) is 0 Å². The van der Waals surface area contributed by atoms with E-state index in [2.05, 4.69) is 10.4 Å². The van der Waals surface area contributed by atoms with Crippen molar-refractivity contribution in [3.05, 3.63) is 35.9 Å². The van der Waals surface area contributed by atoms with Crippen LogP contribution in [0.15, 0.2) is 30.3 Å². The smallest absolute Gasteiger partial charge is 0.318 e. The van der Waals surface area contributed by atoms with E-state index in [4.69, 9.17) is 5.84 Å². The Bertz CT molecular complexity index is 730. The fraction of sp³-hybridized carbons (Fsp3) is 0.214. The quantitative estimate of drug-likeness (QED) is 0.497. The second kappa shape index (κ2) is 5.02. The largest absolute Gasteiger partial charge is 0.327 e. The molecule has 21 heavy (non-hydrogen) atoms. The van der Waals surface area contributed by atoms with Crippen molar-refractivity contribution < 1.29 is 9.59 Å². The number of aromatic nitrogens is 1. The van der Waals surface area contributed by atoms with Gasteiger partial charge in [-0.05, 0) is 12.1 Å². The van der Waals surface area contributed by atoms with Gasteiger partial charge in [0.05, 0.1) is 12.1 Å². The summed E-state index contributed by atoms with van der Waals surface area (Å²) in [5.74, 6) is 5.74. The maximum Gasteiger partial charge on any atom is 0.327 e. The zero-order valence-electron chi connectivity index (χ0n) is 11.5. The van der Waals surface area contributed by atoms with Gasteiger partial charge in [0.25, 0.3) is 5.91 Å². The van der Waals surface area contributed by atoms with Crippen LogP contribution in [0.1, 0.15) is 5.56 Å². The number of fused-ring (bicyclic) bond motifs is 1. The molecule has 3 amide bonds. The van der Waals surface area contributed by atoms with Gasteiger partial charge < -0.3 is 10.3 Å². The van der Waals surface area contributed by atoms with Gasteiger partial charge in [0.2, 0.25) is 0 Å². The molecule has 1 fully saturated rings. The highest BCUT2D eigenvalue weighted by Gasteiger charge is 2.33. The maximum absolute atomic E-state index is 11.9. The number of imide groups is 1. The number of urea groups is 1. The predicted octanol–water partition coefficient (Wildman–Crippen LogP) is 0.914. The maximum atomic E-state index is 11.9. The molecule has 3 N–H and O–H groups in total. The average Bonchev–Trinajstić information content (AvgIpc) is 2.73. The molecule has 3 rings (SSSR count). The van der Waals surface area contributed by atoms with Gasteiger partial charge in [-0.15, -0.1) is 0 Å². The van der Waals surface area contributed by atoms with E-state index in [0.717, 1.165) is 10.9 Å². The number of hydrogen-bond donors (Lipinski definition) is 2. The van der Waals surface area contributed by atoms with E-state index in [-0.39, 0.29) is 25.0 Å². The number of para-hydroxylation sites is 1. The lowest BCUT2D eigenvalue weighted by Gasteiger charge is -2.16. The molecular weight excluding hydrogens is 270 g/mol. The first-order valence-electron chi connectivity index (χ1n) is 6.51. The number of carbonyl (C=O) groups excluding carboxylic acids is 2. The van der Waals surface area contributed by atoms with Crippen LogP contribution in [0.4, 0.5) is 10.6 Å². The lowest BCUT2D eigenvalue weighted by Crippen LogP contribution is -2.31. The molecule has 1 saturated heterocycles. The molecule has 0 unspecified atom stereocenters. The Labute approximate surface area is 121 Å². The van der Waals surface area contributed by atoms with Crippen molar-refractivity contribution in [2.24, 2.45) is 5.84 Å². The standard InChI is InChI=1S/C14H15N5O2/c1-18-8-12(20)19(14(18)21)7-10-6-9-4-2-3-5-11(9)16-13(10)17-15/h2-6H,7-8,15H2,1H3,(H,16,17). The first kappa shape index (κ1) is 13.3. The third kappa shape index (κ3) is 2.27. The van der Waals surface area contributed by atoms with Crippen LogP contribution >= 0.6 is 0 Å². The van der Waals surface area contributed by atoms with Crippen LogP contribution in [0, 0.1) is 0 Å². The van der Waals surface area contributed by atoms with E-state index >= 15 is 0 Å². The number of amides is 3. The Morgan fingerprint density at radius 3 is 2.76 bits per heavy atom. The number of anilines is 1. The third-order valence-corrected chi connectivity index (χ3v) is 3.50. The summed E-state index contributed by atoms with van der Waals surface area (Å²) in [6, 6.07) is 9.17. The molecule has 1 aliphatic heterocycles. The summed E-state index contributed by atoms with van der Waals surface area (Å²) in [5.41, 5.74) is 4.03. The fourth-order valence-electron chi connectivity index (χ4n) is 2.40. The highest BCUT2D eigenvalue weighted by Crippen LogP contribution is 2.23. The highest BCUT2D eigenvalue weighted by atomic mass is 16.2. The Kier molecular flexibility index (Phi) is 3.19. The zero-order chi connectivity index (χ0) is 15.0. The third-order valence-electron chi connectivity index (χ3n) is 3.50. The second-order valence-corrected chi connectivity index (χ2v) is 4.95. The van der Waals surface area contributed by atoms with E-state index in [0.29, 0.717) is 11.4 Å². The molecule has 0 atom stereocenters. The van der Waals surface area contributed by atoms with Crippen molar-refractivity contribution in [2.45, 2.75) is 6.54 Å². The average molecular weight is 285 g/mol. The number of hydrazine groups is 1. The van der Waals surface area contributed by atoms with Gasteiger partial charge in [0.15, 0.2) is 0 Å². The number of benzene rings is 1. The predicted molar refractivity (Wildman–Crippen MR) is 78.1 cm³/mol. The molecule has 0 spiro atoms. The molecule has 7 nitrogen and oxygen atoms in total. The van der Waals surface area contributed by atoms with Gasteiger partial charge >= 0.3 is 6.03 Å². The Balaban J connectivity index is 2.00. The summed E-state index contributed by atoms with van der Waals surface area (Å²) in [6.07, 6.45) is 0. The van der Waals surface area contributed by atoms with Crippen molar-refractivity contribution in [1.82, 2.24) is 14.8 Å². The highest BCUT2D eigenvalue weighted by molar-refractivity contribution is 6.01. The molecule has 2 heterocycles. The van der Waals surface area contributed by atoms with Gasteiger partial charge in [-0.25, -0.2) is 15.6 Å². The number of nitrogens with two attached hydrogens (primary N) is 1. The van der Waals surface area contributed by atoms with Crippen molar-refractivity contribution in [3.63, 3.8) is 0 Å². The molecular formula is C14H15N5O2. The van der Waals surface area contributed by atoms with Crippen LogP contribution in [-0.4, -0.2) is 40.3 Å². The van der Waals surface area contributed by atoms with Gasteiger partial charge in [-0.2, -0.15) is 0 Å². The van der Waals surface area contributed by atoms with Crippen molar-refractivity contribution >= 4 is 28.7 Å². The van der Waals surface area contributed by atoms with Crippen LogP contribution in [0.5, 0.6) is 0 Å². The van der Waals surface area contributed by atoms with Crippen LogP contribution in [0.2, 0.25) is 0 Å². The molecule has 0 radical (unpaired) electrons. The molecule has 2 aromatic rings. The Morgan fingerprint density at radius 1 is 1.33 bits per heavy atom. The van der Waals surface area contributed by atoms with Gasteiger partial charge in [0, 0.05) is 18.0 Å². The molecule has 1 aromatic heterocycles. The minimum Gasteiger partial charge on any atom is -0.318 e. The summed E-state index contributed by atoms with van der Waals surface area (Å²) < 4.78 is 0. The normalized spacial score (nSPS) is 15.1. The van der Waals surface area contributed by atoms with E-state index in [1.807, 2.05) is 30.3 Å². The molecule has 0 bridgehead atoms. The van der Waals surface area contributed by atoms with E-state index in [9.17, 15) is 9.59 Å². The topological polar surface area (TPSA) is 91.6 Å². The Morgan fingerprint density at radius 2 is 2.10 bits per heavy atom. The first-order chi connectivity index (χ1) is 10.1. The number of nitrogens with zero attached hydrogens (tertiary/aromatic N) is 3. The summed E-state index contributed by atoms with van der Waals surface area (Å²) in [4.78, 5) is 30.8. The molecule has 1 aliphatic rings. The minimum absolute atomic E-state index is 0.102. The first-order valence-corrected chi connectivity index (χ1v) is 6.51. The minimum atomic E-state index is -0.309. The van der Waals surface area contributed by atoms with Crippen LogP contribution in [0.3, 0.4) is 0 Å². The van der Waals surface area contributed by atoms with E-state index in [1.165, 1.54) is 9.80 Å². The monoisotopic (exact) mass is 285 g/mol. The number of pyridine rings is 1. The van der Waals surface area contributed by atoms with Gasteiger partial charge in [0.1, 0.15) is 12.4 Å². The Hall–Kier alpha value is -2.67. The second-order valence-electron chi connectivity index (χ2n) is 4.95. The van der Waals surface area contributed by atoms with Gasteiger partial charge in [-0.1, -0.05) is 18.2 Å². The zero-order valence-corrected chi connectivity index (χ0v) is 11.5. The molecule has 0 aliphatic carbocycles. The summed E-state index contributed by atoms with van der Waals surface area (Å²) in [5, 5.41) is 0.930. The lowest BCUT2D eigenvalue weighted by molar-refractivity contribution is -0.125. The van der Waals surface area contributed by atoms with Crippen LogP contribution < -0.4 is 11.3 Å². The fourth-order valence-corrected chi connectivity index (χ4v) is 2.40. The number of nitrogen functional groups attached to an aromatic ring is 1. The van der Waals surface area contributed by atoms with Crippen LogP contribution in [-0.2, 0) is 11.3 Å². The summed E-state index contributed by atoms with van der Waals surface area (Å²) in [7, 11) is 1.60. The lowest BCUT2D eigenvalue weighted by atomic mass is 10.1. The van der Waals surface area contributed by atoms with E-state index < -0.39 is 0 Å². The number of nitrogens with one attached hydrogen (secondary N) is 1. The number of hydrogen-bond acceptors (Lipinski definition) is 5.